The first kappa shape index (κ1) is 44.5. The number of aryl methyl sites for hydroxylation is 1. The lowest BCUT2D eigenvalue weighted by molar-refractivity contribution is -0.134. The zero-order valence-corrected chi connectivity index (χ0v) is 37.6. The summed E-state index contributed by atoms with van der Waals surface area (Å²) in [5.74, 6) is 9.06. The van der Waals surface area contributed by atoms with Crippen LogP contribution in [-0.2, 0) is 16.0 Å². The number of nitrogens with one attached hydrogen (secondary N) is 1. The molecule has 4 fully saturated rings. The number of fused-ring (bicyclic) bond motifs is 3. The number of ketones is 2. The van der Waals surface area contributed by atoms with Gasteiger partial charge in [-0.25, -0.2) is 4.98 Å². The molecular formula is C55H67N3O6. The van der Waals surface area contributed by atoms with E-state index < -0.39 is 23.5 Å². The van der Waals surface area contributed by atoms with Gasteiger partial charge >= 0.3 is 0 Å². The topological polar surface area (TPSA) is 155 Å². The first-order valence-electron chi connectivity index (χ1n) is 24.3. The highest BCUT2D eigenvalue weighted by atomic mass is 16.5. The zero-order chi connectivity index (χ0) is 44.4. The number of aromatic hydroxyl groups is 1. The summed E-state index contributed by atoms with van der Waals surface area (Å²) in [4.78, 5) is 31.1. The van der Waals surface area contributed by atoms with Gasteiger partial charge in [-0.05, 0) is 152 Å². The van der Waals surface area contributed by atoms with Crippen molar-refractivity contribution < 1.29 is 29.6 Å². The number of rotatable bonds is 11. The molecule has 1 aliphatic heterocycles. The third-order valence-electron chi connectivity index (χ3n) is 16.5. The largest absolute Gasteiger partial charge is 0.504 e. The molecule has 1 saturated heterocycles. The number of Topliss-reactive ketones (excluding diaryl/α,β-unsaturated/α-hetero) is 2. The second-order valence-electron chi connectivity index (χ2n) is 20.3. The Morgan fingerprint density at radius 1 is 0.906 bits per heavy atom. The van der Waals surface area contributed by atoms with Crippen molar-refractivity contribution in [1.29, 1.82) is 0 Å². The number of nitrogens with zero attached hydrogens (tertiary/aromatic N) is 1. The number of hydrogen-bond donors (Lipinski definition) is 5. The number of methoxy groups -OCH3 is 1. The van der Waals surface area contributed by atoms with Gasteiger partial charge in [0.15, 0.2) is 17.3 Å². The van der Waals surface area contributed by atoms with E-state index in [-0.39, 0.29) is 29.4 Å². The molecule has 1 aromatic heterocycles. The molecule has 9 nitrogen and oxygen atoms in total. The summed E-state index contributed by atoms with van der Waals surface area (Å²) >= 11 is 0. The van der Waals surface area contributed by atoms with Gasteiger partial charge in [0.2, 0.25) is 0 Å². The molecule has 0 amide bonds. The second kappa shape index (κ2) is 19.0. The maximum Gasteiger partial charge on any atom is 0.160 e. The number of nitrogen functional groups attached to an aromatic ring is 1. The molecule has 6 N–H and O–H groups in total. The van der Waals surface area contributed by atoms with E-state index >= 15 is 0 Å². The van der Waals surface area contributed by atoms with Crippen LogP contribution in [0.2, 0.25) is 0 Å². The summed E-state index contributed by atoms with van der Waals surface area (Å²) in [6.45, 7) is 0. The predicted molar refractivity (Wildman–Crippen MR) is 251 cm³/mol. The molecule has 0 bridgehead atoms. The van der Waals surface area contributed by atoms with E-state index in [1.807, 2.05) is 30.3 Å². The minimum absolute atomic E-state index is 0.0109. The Bertz CT molecular complexity index is 2400. The maximum atomic E-state index is 14.4. The van der Waals surface area contributed by atoms with Crippen molar-refractivity contribution in [2.75, 3.05) is 12.8 Å². The molecule has 9 heteroatoms. The van der Waals surface area contributed by atoms with Gasteiger partial charge in [0.25, 0.3) is 0 Å². The predicted octanol–water partition coefficient (Wildman–Crippen LogP) is 9.47. The lowest BCUT2D eigenvalue weighted by Crippen LogP contribution is -2.63. The molecule has 3 saturated carbocycles. The van der Waals surface area contributed by atoms with Crippen LogP contribution in [0.25, 0.3) is 10.8 Å². The molecule has 2 spiro atoms. The summed E-state index contributed by atoms with van der Waals surface area (Å²) < 4.78 is 5.53. The van der Waals surface area contributed by atoms with Crippen LogP contribution < -0.4 is 15.8 Å². The van der Waals surface area contributed by atoms with Gasteiger partial charge in [0, 0.05) is 48.9 Å². The summed E-state index contributed by atoms with van der Waals surface area (Å²) in [6.07, 6.45) is 15.9. The number of aliphatic hydroxyl groups is 2. The van der Waals surface area contributed by atoms with E-state index in [1.54, 1.807) is 12.3 Å². The molecular weight excluding hydrogens is 799 g/mol. The fourth-order valence-corrected chi connectivity index (χ4v) is 12.8. The van der Waals surface area contributed by atoms with Crippen LogP contribution in [0.15, 0.2) is 72.9 Å². The number of carbonyl (C=O) groups is 2. The van der Waals surface area contributed by atoms with Crippen LogP contribution >= 0.6 is 0 Å². The van der Waals surface area contributed by atoms with Crippen molar-refractivity contribution in [1.82, 2.24) is 10.3 Å². The van der Waals surface area contributed by atoms with Crippen LogP contribution in [0.1, 0.15) is 150 Å². The molecule has 9 atom stereocenters. The summed E-state index contributed by atoms with van der Waals surface area (Å²) in [5, 5.41) is 41.5. The first-order valence-corrected chi connectivity index (χ1v) is 24.3. The van der Waals surface area contributed by atoms with Gasteiger partial charge in [-0.3, -0.25) is 9.59 Å². The lowest BCUT2D eigenvalue weighted by atomic mass is 9.60. The number of ether oxygens (including phenoxy) is 1. The van der Waals surface area contributed by atoms with Crippen LogP contribution in [-0.4, -0.2) is 62.8 Å². The quantitative estimate of drug-likeness (QED) is 0.0928. The fraction of sp³-hybridized carbons (Fsp3) is 0.545. The number of aromatic nitrogens is 1. The Morgan fingerprint density at radius 3 is 2.52 bits per heavy atom. The third-order valence-corrected chi connectivity index (χ3v) is 16.5. The molecule has 4 aliphatic carbocycles. The van der Waals surface area contributed by atoms with Gasteiger partial charge in [-0.2, -0.15) is 0 Å². The number of phenols is 1. The van der Waals surface area contributed by atoms with Crippen molar-refractivity contribution in [2.24, 2.45) is 23.2 Å². The molecule has 5 aliphatic rings. The molecule has 64 heavy (non-hydrogen) atoms. The van der Waals surface area contributed by atoms with Crippen molar-refractivity contribution >= 4 is 28.2 Å². The summed E-state index contributed by atoms with van der Waals surface area (Å²) in [6, 6.07) is 22.4. The monoisotopic (exact) mass is 866 g/mol. The molecule has 2 heterocycles. The fourth-order valence-electron chi connectivity index (χ4n) is 12.8. The van der Waals surface area contributed by atoms with Crippen LogP contribution in [0.3, 0.4) is 0 Å². The average molecular weight is 866 g/mol. The standard InChI is InChI=1S/C55H67N3O6/c1-64-50-30-40-14-18-51(62)54(24-19-35(27-52(54)63)9-15-43-29-42-13-17-45(60)33-48(42)58-55(43)22-5-2-6-23-55)25-20-37(47(40)34-49(50)61)12-16-44(59)32-46(41-21-26-57-53(56)31-41)39-11-10-36-7-3-4-8-38(36)28-39/h3-4,7-8,10-11,21,26,28,30-31,34-35,37,42-44,46,48,52,58-59,61,63H,2,5-6,9,12-19,22-24,27,29,32-33H2,1H3,(H2,56,57)/t35-,37-,42-,43-,44-,46-,48-,52+,54-/m0/s1. The minimum atomic E-state index is -1.16. The molecule has 338 valence electrons. The number of phenolic OH excluding ortho intramolecular Hbond substituents is 1. The Labute approximate surface area is 379 Å². The maximum absolute atomic E-state index is 14.4. The number of carbonyl (C=O) groups excluding carboxylic acids is 2. The Balaban J connectivity index is 0.932. The van der Waals surface area contributed by atoms with E-state index in [0.717, 1.165) is 58.7 Å². The summed E-state index contributed by atoms with van der Waals surface area (Å²) in [5.41, 5.74) is 8.92. The van der Waals surface area contributed by atoms with E-state index in [0.29, 0.717) is 92.5 Å². The number of aliphatic hydroxyl groups excluding tert-OH is 2. The van der Waals surface area contributed by atoms with E-state index in [2.05, 4.69) is 52.5 Å². The second-order valence-corrected chi connectivity index (χ2v) is 20.3. The van der Waals surface area contributed by atoms with Gasteiger partial charge in [-0.1, -0.05) is 80.0 Å². The van der Waals surface area contributed by atoms with Gasteiger partial charge < -0.3 is 31.1 Å². The van der Waals surface area contributed by atoms with E-state index in [1.165, 1.54) is 45.6 Å². The van der Waals surface area contributed by atoms with E-state index in [4.69, 9.17) is 10.5 Å². The molecule has 9 rings (SSSR count). The van der Waals surface area contributed by atoms with Gasteiger partial charge in [0.1, 0.15) is 17.0 Å². The van der Waals surface area contributed by atoms with Crippen molar-refractivity contribution in [3.8, 4) is 23.3 Å². The van der Waals surface area contributed by atoms with Gasteiger partial charge in [-0.15, -0.1) is 0 Å². The third kappa shape index (κ3) is 9.21. The zero-order valence-electron chi connectivity index (χ0n) is 37.6. The van der Waals surface area contributed by atoms with Crippen molar-refractivity contribution in [2.45, 2.75) is 158 Å². The Kier molecular flexibility index (Phi) is 13.2. The molecule has 0 radical (unpaired) electrons. The number of anilines is 1. The van der Waals surface area contributed by atoms with Gasteiger partial charge in [0.05, 0.1) is 19.3 Å². The lowest BCUT2D eigenvalue weighted by Gasteiger charge is -2.54. The number of piperidine rings is 1. The van der Waals surface area contributed by atoms with Crippen LogP contribution in [0, 0.1) is 35.0 Å². The van der Waals surface area contributed by atoms with Crippen molar-refractivity contribution in [3.05, 3.63) is 95.2 Å². The highest BCUT2D eigenvalue weighted by molar-refractivity contribution is 5.89. The minimum Gasteiger partial charge on any atom is -0.504 e. The Morgan fingerprint density at radius 2 is 1.72 bits per heavy atom. The Hall–Kier alpha value is -4.75. The normalized spacial score (nSPS) is 28.8. The molecule has 4 aromatic rings. The van der Waals surface area contributed by atoms with E-state index in [9.17, 15) is 24.9 Å². The summed E-state index contributed by atoms with van der Waals surface area (Å²) in [7, 11) is 1.52. The van der Waals surface area contributed by atoms with Crippen LogP contribution in [0.5, 0.6) is 11.5 Å². The van der Waals surface area contributed by atoms with Crippen molar-refractivity contribution in [3.63, 3.8) is 0 Å². The highest BCUT2D eigenvalue weighted by Gasteiger charge is 2.50. The number of nitrogens with two attached hydrogens (primary N) is 1. The first-order chi connectivity index (χ1) is 31.0. The SMILES string of the molecule is COc1cc2c(cc1O)[C@@H](CC[C@H](O)C[C@H](c1ccnc(N)c1)c1ccc3ccccc3c1)C#C[C@@]1(CC[C@H](CC[C@H]3C[C@@H]4CCC(=O)C[C@@H]4NC34CCCCC4)C[C@H]1O)C(=O)CC2. The smallest absolute Gasteiger partial charge is 0.160 e. The molecule has 0 unspecified atom stereocenters. The highest BCUT2D eigenvalue weighted by Crippen LogP contribution is 2.50. The molecule has 3 aromatic carbocycles. The number of hydrogen-bond acceptors (Lipinski definition) is 9. The van der Waals surface area contributed by atoms with Crippen LogP contribution in [0.4, 0.5) is 5.82 Å². The number of pyridine rings is 1. The number of benzene rings is 3. The average Bonchev–Trinajstić information content (AvgIpc) is 3.35.